The monoisotopic (exact) mass is 291 g/mol. The first-order valence-corrected chi connectivity index (χ1v) is 7.41. The van der Waals surface area contributed by atoms with Crippen LogP contribution in [-0.4, -0.2) is 66.2 Å². The molecule has 21 heavy (non-hydrogen) atoms. The van der Waals surface area contributed by atoms with E-state index >= 15 is 0 Å². The van der Waals surface area contributed by atoms with Crippen LogP contribution in [0.2, 0.25) is 0 Å². The second-order valence-electron chi connectivity index (χ2n) is 6.18. The molecule has 1 fully saturated rings. The normalized spacial score (nSPS) is 17.0. The van der Waals surface area contributed by atoms with Crippen LogP contribution in [0.25, 0.3) is 0 Å². The molecule has 1 aliphatic rings. The summed E-state index contributed by atoms with van der Waals surface area (Å²) in [6.45, 7) is 0.857. The Morgan fingerprint density at radius 3 is 2.33 bits per heavy atom. The van der Waals surface area contributed by atoms with Gasteiger partial charge >= 0.3 is 0 Å². The van der Waals surface area contributed by atoms with Gasteiger partial charge in [-0.2, -0.15) is 0 Å². The van der Waals surface area contributed by atoms with Crippen molar-refractivity contribution in [1.82, 2.24) is 20.0 Å². The summed E-state index contributed by atoms with van der Waals surface area (Å²) in [5, 5.41) is 11.5. The molecule has 0 aliphatic heterocycles. The Balaban J connectivity index is 1.99. The summed E-state index contributed by atoms with van der Waals surface area (Å²) in [6.07, 6.45) is 4.97. The quantitative estimate of drug-likeness (QED) is 0.890. The largest absolute Gasteiger partial charge is 0.367 e. The molecule has 1 aliphatic carbocycles. The minimum absolute atomic E-state index is 0.130. The first-order chi connectivity index (χ1) is 9.94. The Morgan fingerprint density at radius 1 is 1.19 bits per heavy atom. The highest BCUT2D eigenvalue weighted by Gasteiger charge is 2.35. The van der Waals surface area contributed by atoms with E-state index in [1.54, 1.807) is 20.2 Å². The predicted molar refractivity (Wildman–Crippen MR) is 83.4 cm³/mol. The van der Waals surface area contributed by atoms with Gasteiger partial charge in [-0.15, -0.1) is 10.2 Å². The summed E-state index contributed by atoms with van der Waals surface area (Å²) in [5.74, 6) is 0.591. The second kappa shape index (κ2) is 6.39. The third kappa shape index (κ3) is 3.50. The number of hydrogen-bond donors (Lipinski definition) is 1. The fraction of sp³-hybridized carbons (Fsp3) is 0.667. The van der Waals surface area contributed by atoms with Crippen LogP contribution in [0.3, 0.4) is 0 Å². The Labute approximate surface area is 126 Å². The minimum atomic E-state index is -0.130. The molecule has 6 heteroatoms. The van der Waals surface area contributed by atoms with Gasteiger partial charge in [0.2, 0.25) is 0 Å². The van der Waals surface area contributed by atoms with Crippen LogP contribution in [0.5, 0.6) is 0 Å². The van der Waals surface area contributed by atoms with Crippen molar-refractivity contribution in [2.24, 2.45) is 0 Å². The topological polar surface area (TPSA) is 61.4 Å². The van der Waals surface area contributed by atoms with Crippen molar-refractivity contribution in [1.29, 1.82) is 0 Å². The molecule has 0 bridgehead atoms. The summed E-state index contributed by atoms with van der Waals surface area (Å²) in [5.41, 5.74) is 0.577. The molecule has 0 atom stereocenters. The number of likely N-dealkylation sites (N-methyl/N-ethyl adjacent to an activating group) is 1. The summed E-state index contributed by atoms with van der Waals surface area (Å²) < 4.78 is 0. The molecule has 1 aromatic rings. The Kier molecular flexibility index (Phi) is 4.77. The van der Waals surface area contributed by atoms with E-state index in [4.69, 9.17) is 0 Å². The van der Waals surface area contributed by atoms with Gasteiger partial charge in [-0.05, 0) is 39.1 Å². The second-order valence-corrected chi connectivity index (χ2v) is 6.18. The third-order valence-corrected chi connectivity index (χ3v) is 4.37. The zero-order chi connectivity index (χ0) is 15.5. The SMILES string of the molecule is CN(C)C(=O)c1ccc(NCC2(N(C)C)CCCC2)nn1. The van der Waals surface area contributed by atoms with Crippen LogP contribution in [0.4, 0.5) is 5.82 Å². The van der Waals surface area contributed by atoms with Crippen LogP contribution in [0.1, 0.15) is 36.2 Å². The lowest BCUT2D eigenvalue weighted by atomic mass is 9.96. The predicted octanol–water partition coefficient (Wildman–Crippen LogP) is 1.46. The van der Waals surface area contributed by atoms with E-state index < -0.39 is 0 Å². The summed E-state index contributed by atoms with van der Waals surface area (Å²) >= 11 is 0. The summed E-state index contributed by atoms with van der Waals surface area (Å²) in [6, 6.07) is 3.54. The molecule has 1 aromatic heterocycles. The standard InChI is InChI=1S/C15H25N5O/c1-19(2)14(21)12-7-8-13(18-17-12)16-11-15(20(3)4)9-5-6-10-15/h7-8H,5-6,9-11H2,1-4H3,(H,16,18). The van der Waals surface area contributed by atoms with Gasteiger partial charge in [-0.25, -0.2) is 0 Å². The van der Waals surface area contributed by atoms with Crippen molar-refractivity contribution in [2.45, 2.75) is 31.2 Å². The van der Waals surface area contributed by atoms with Crippen LogP contribution in [-0.2, 0) is 0 Å². The maximum atomic E-state index is 11.8. The highest BCUT2D eigenvalue weighted by atomic mass is 16.2. The first-order valence-electron chi connectivity index (χ1n) is 7.41. The molecule has 1 heterocycles. The van der Waals surface area contributed by atoms with Gasteiger partial charge in [0.25, 0.3) is 5.91 Å². The fourth-order valence-electron chi connectivity index (χ4n) is 2.84. The van der Waals surface area contributed by atoms with Gasteiger partial charge in [0.1, 0.15) is 5.82 Å². The number of carbonyl (C=O) groups excluding carboxylic acids is 1. The number of hydrogen-bond acceptors (Lipinski definition) is 5. The highest BCUT2D eigenvalue weighted by molar-refractivity contribution is 5.91. The minimum Gasteiger partial charge on any atom is -0.367 e. The zero-order valence-corrected chi connectivity index (χ0v) is 13.4. The van der Waals surface area contributed by atoms with Crippen molar-refractivity contribution in [2.75, 3.05) is 40.1 Å². The summed E-state index contributed by atoms with van der Waals surface area (Å²) in [4.78, 5) is 15.6. The fourth-order valence-corrected chi connectivity index (χ4v) is 2.84. The molecule has 116 valence electrons. The molecule has 0 radical (unpaired) electrons. The van der Waals surface area contributed by atoms with Crippen molar-refractivity contribution < 1.29 is 4.79 Å². The van der Waals surface area contributed by atoms with Crippen LogP contribution in [0, 0.1) is 0 Å². The molecule has 0 aromatic carbocycles. The maximum absolute atomic E-state index is 11.8. The number of aromatic nitrogens is 2. The lowest BCUT2D eigenvalue weighted by Gasteiger charge is -2.36. The summed E-state index contributed by atoms with van der Waals surface area (Å²) in [7, 11) is 7.68. The van der Waals surface area contributed by atoms with E-state index in [9.17, 15) is 4.79 Å². The average molecular weight is 291 g/mol. The van der Waals surface area contributed by atoms with Gasteiger partial charge in [0.05, 0.1) is 0 Å². The number of nitrogens with zero attached hydrogens (tertiary/aromatic N) is 4. The average Bonchev–Trinajstić information content (AvgIpc) is 2.95. The molecule has 0 saturated heterocycles. The molecular formula is C15H25N5O. The van der Waals surface area contributed by atoms with E-state index in [-0.39, 0.29) is 11.4 Å². The van der Waals surface area contributed by atoms with E-state index in [2.05, 4.69) is 34.5 Å². The Bertz CT molecular complexity index is 477. The first kappa shape index (κ1) is 15.7. The van der Waals surface area contributed by atoms with Gasteiger partial charge < -0.3 is 15.1 Å². The van der Waals surface area contributed by atoms with Gasteiger partial charge in [0.15, 0.2) is 5.69 Å². The van der Waals surface area contributed by atoms with Crippen LogP contribution >= 0.6 is 0 Å². The lowest BCUT2D eigenvalue weighted by molar-refractivity contribution is 0.0821. The molecule has 2 rings (SSSR count). The van der Waals surface area contributed by atoms with E-state index in [1.165, 1.54) is 30.6 Å². The molecule has 1 amide bonds. The zero-order valence-electron chi connectivity index (χ0n) is 13.4. The molecule has 6 nitrogen and oxygen atoms in total. The highest BCUT2D eigenvalue weighted by Crippen LogP contribution is 2.33. The number of anilines is 1. The van der Waals surface area contributed by atoms with Gasteiger partial charge in [-0.1, -0.05) is 12.8 Å². The number of nitrogens with one attached hydrogen (secondary N) is 1. The van der Waals surface area contributed by atoms with Crippen LogP contribution in [0.15, 0.2) is 12.1 Å². The Morgan fingerprint density at radius 2 is 1.86 bits per heavy atom. The number of rotatable bonds is 5. The smallest absolute Gasteiger partial charge is 0.273 e. The number of carbonyl (C=O) groups is 1. The van der Waals surface area contributed by atoms with Crippen molar-refractivity contribution in [3.05, 3.63) is 17.8 Å². The molecular weight excluding hydrogens is 266 g/mol. The van der Waals surface area contributed by atoms with Crippen molar-refractivity contribution in [3.8, 4) is 0 Å². The molecule has 1 saturated carbocycles. The van der Waals surface area contributed by atoms with Gasteiger partial charge in [0, 0.05) is 26.2 Å². The molecule has 0 unspecified atom stereocenters. The molecule has 0 spiro atoms. The van der Waals surface area contributed by atoms with Crippen LogP contribution < -0.4 is 5.32 Å². The number of amides is 1. The van der Waals surface area contributed by atoms with Crippen molar-refractivity contribution in [3.63, 3.8) is 0 Å². The Hall–Kier alpha value is -1.69. The third-order valence-electron chi connectivity index (χ3n) is 4.37. The van der Waals surface area contributed by atoms with E-state index in [1.807, 2.05) is 6.07 Å². The van der Waals surface area contributed by atoms with E-state index in [0.29, 0.717) is 5.69 Å². The lowest BCUT2D eigenvalue weighted by Crippen LogP contribution is -2.47. The van der Waals surface area contributed by atoms with Crippen molar-refractivity contribution >= 4 is 11.7 Å². The maximum Gasteiger partial charge on any atom is 0.273 e. The van der Waals surface area contributed by atoms with E-state index in [0.717, 1.165) is 12.4 Å². The molecule has 1 N–H and O–H groups in total. The van der Waals surface area contributed by atoms with Gasteiger partial charge in [-0.3, -0.25) is 4.79 Å².